The summed E-state index contributed by atoms with van der Waals surface area (Å²) >= 11 is 0. The molecule has 0 bridgehead atoms. The van der Waals surface area contributed by atoms with Crippen LogP contribution in [0.4, 0.5) is 4.79 Å². The number of aliphatic carboxylic acids is 1. The third-order valence-corrected chi connectivity index (χ3v) is 4.30. The van der Waals surface area contributed by atoms with Crippen molar-refractivity contribution in [2.45, 2.75) is 58.9 Å². The minimum absolute atomic E-state index is 0.00780. The number of carbonyl (C=O) groups excluding carboxylic acids is 1. The van der Waals surface area contributed by atoms with Crippen LogP contribution in [0.25, 0.3) is 0 Å². The molecule has 0 heterocycles. The number of hydrogen-bond acceptors (Lipinski definition) is 2. The Morgan fingerprint density at radius 3 is 2.30 bits per heavy atom. The summed E-state index contributed by atoms with van der Waals surface area (Å²) in [4.78, 5) is 24.9. The number of amides is 2. The zero-order valence-corrected chi connectivity index (χ0v) is 12.9. The summed E-state index contributed by atoms with van der Waals surface area (Å²) in [6.07, 6.45) is 3.93. The summed E-state index contributed by atoms with van der Waals surface area (Å²) in [5.41, 5.74) is 0. The summed E-state index contributed by atoms with van der Waals surface area (Å²) in [6.45, 7) is 7.75. The van der Waals surface area contributed by atoms with E-state index in [1.807, 2.05) is 11.8 Å². The molecule has 2 amide bonds. The number of carboxylic acids is 1. The van der Waals surface area contributed by atoms with Crippen molar-refractivity contribution in [1.29, 1.82) is 0 Å². The highest BCUT2D eigenvalue weighted by Gasteiger charge is 2.27. The van der Waals surface area contributed by atoms with E-state index in [1.54, 1.807) is 0 Å². The van der Waals surface area contributed by atoms with E-state index in [0.717, 1.165) is 25.8 Å². The van der Waals surface area contributed by atoms with Gasteiger partial charge in [0.1, 0.15) is 0 Å². The number of urea groups is 1. The average molecular weight is 284 g/mol. The van der Waals surface area contributed by atoms with Crippen molar-refractivity contribution in [2.24, 2.45) is 11.8 Å². The van der Waals surface area contributed by atoms with Crippen molar-refractivity contribution in [3.8, 4) is 0 Å². The summed E-state index contributed by atoms with van der Waals surface area (Å²) in [7, 11) is 0. The molecule has 1 aliphatic rings. The van der Waals surface area contributed by atoms with Crippen molar-refractivity contribution in [3.05, 3.63) is 0 Å². The van der Waals surface area contributed by atoms with Crippen molar-refractivity contribution in [1.82, 2.24) is 10.2 Å². The molecule has 0 saturated heterocycles. The second-order valence-corrected chi connectivity index (χ2v) is 5.89. The van der Waals surface area contributed by atoms with Crippen molar-refractivity contribution in [3.63, 3.8) is 0 Å². The van der Waals surface area contributed by atoms with E-state index >= 15 is 0 Å². The predicted molar refractivity (Wildman–Crippen MR) is 78.6 cm³/mol. The quantitative estimate of drug-likeness (QED) is 0.788. The van der Waals surface area contributed by atoms with Gasteiger partial charge in [0.05, 0.1) is 5.92 Å². The zero-order chi connectivity index (χ0) is 15.1. The minimum Gasteiger partial charge on any atom is -0.481 e. The van der Waals surface area contributed by atoms with Gasteiger partial charge in [-0.05, 0) is 38.5 Å². The van der Waals surface area contributed by atoms with Crippen LogP contribution in [0.5, 0.6) is 0 Å². The maximum atomic E-state index is 12.2. The maximum Gasteiger partial charge on any atom is 0.317 e. The molecule has 0 aromatic heterocycles. The molecule has 1 unspecified atom stereocenters. The molecular formula is C15H28N2O3. The van der Waals surface area contributed by atoms with Gasteiger partial charge in [-0.1, -0.05) is 20.3 Å². The molecule has 1 rings (SSSR count). The highest BCUT2D eigenvalue weighted by atomic mass is 16.4. The van der Waals surface area contributed by atoms with E-state index in [2.05, 4.69) is 19.2 Å². The molecule has 1 atom stereocenters. The second kappa shape index (κ2) is 8.12. The Morgan fingerprint density at radius 2 is 1.85 bits per heavy atom. The van der Waals surface area contributed by atoms with Crippen LogP contribution in [0.2, 0.25) is 0 Å². The smallest absolute Gasteiger partial charge is 0.317 e. The molecule has 1 fully saturated rings. The minimum atomic E-state index is -0.707. The third-order valence-electron chi connectivity index (χ3n) is 4.30. The van der Waals surface area contributed by atoms with E-state index in [-0.39, 0.29) is 18.0 Å². The molecule has 1 aliphatic carbocycles. The molecule has 0 aromatic rings. The first kappa shape index (κ1) is 16.8. The molecule has 1 saturated carbocycles. The van der Waals surface area contributed by atoms with Gasteiger partial charge in [-0.15, -0.1) is 0 Å². The zero-order valence-electron chi connectivity index (χ0n) is 12.9. The van der Waals surface area contributed by atoms with Crippen molar-refractivity contribution in [2.75, 3.05) is 13.1 Å². The summed E-state index contributed by atoms with van der Waals surface area (Å²) < 4.78 is 0. The Balaban J connectivity index is 2.40. The van der Waals surface area contributed by atoms with Gasteiger partial charge in [-0.2, -0.15) is 0 Å². The first-order valence-corrected chi connectivity index (χ1v) is 7.76. The average Bonchev–Trinajstić information content (AvgIpc) is 2.44. The number of nitrogens with one attached hydrogen (secondary N) is 1. The molecule has 116 valence electrons. The number of nitrogens with zero attached hydrogens (tertiary/aromatic N) is 1. The van der Waals surface area contributed by atoms with Gasteiger partial charge in [0.25, 0.3) is 0 Å². The lowest BCUT2D eigenvalue weighted by molar-refractivity contribution is -0.142. The molecule has 5 heteroatoms. The Hall–Kier alpha value is -1.26. The normalized spacial score (nSPS) is 23.9. The fourth-order valence-corrected chi connectivity index (χ4v) is 2.61. The number of carboxylic acid groups (broad SMARTS) is 1. The third kappa shape index (κ3) is 5.02. The van der Waals surface area contributed by atoms with Crippen LogP contribution in [-0.2, 0) is 4.79 Å². The number of carbonyl (C=O) groups is 2. The molecule has 0 spiro atoms. The van der Waals surface area contributed by atoms with E-state index in [1.165, 1.54) is 0 Å². The monoisotopic (exact) mass is 284 g/mol. The number of hydrogen-bond donors (Lipinski definition) is 2. The van der Waals surface area contributed by atoms with Crippen LogP contribution in [0.15, 0.2) is 0 Å². The van der Waals surface area contributed by atoms with E-state index in [4.69, 9.17) is 5.11 Å². The van der Waals surface area contributed by atoms with Gasteiger partial charge in [-0.3, -0.25) is 4.79 Å². The molecule has 0 aliphatic heterocycles. The van der Waals surface area contributed by atoms with Crippen LogP contribution >= 0.6 is 0 Å². The van der Waals surface area contributed by atoms with Crippen LogP contribution in [0.1, 0.15) is 52.9 Å². The Labute approximate surface area is 121 Å². The Kier molecular flexibility index (Phi) is 6.82. The summed E-state index contributed by atoms with van der Waals surface area (Å²) in [6, 6.07) is 0.121. The number of rotatable bonds is 6. The molecule has 0 aromatic carbocycles. The van der Waals surface area contributed by atoms with Gasteiger partial charge >= 0.3 is 12.0 Å². The van der Waals surface area contributed by atoms with Gasteiger partial charge in [0.2, 0.25) is 0 Å². The lowest BCUT2D eigenvalue weighted by atomic mass is 9.86. The topological polar surface area (TPSA) is 69.6 Å². The van der Waals surface area contributed by atoms with E-state index in [0.29, 0.717) is 25.3 Å². The molecule has 5 nitrogen and oxygen atoms in total. The lowest BCUT2D eigenvalue weighted by Gasteiger charge is -2.30. The predicted octanol–water partition coefficient (Wildman–Crippen LogP) is 2.71. The van der Waals surface area contributed by atoms with Crippen molar-refractivity contribution < 1.29 is 14.7 Å². The van der Waals surface area contributed by atoms with Crippen LogP contribution in [0.3, 0.4) is 0 Å². The first-order valence-electron chi connectivity index (χ1n) is 7.76. The van der Waals surface area contributed by atoms with Crippen LogP contribution in [-0.4, -0.2) is 41.1 Å². The standard InChI is InChI=1S/C15H28N2O3/c1-4-11(3)10-17(5-2)15(20)16-13-8-6-12(7-9-13)14(18)19/h11-13H,4-10H2,1-3H3,(H,16,20)(H,18,19). The molecule has 2 N–H and O–H groups in total. The first-order chi connectivity index (χ1) is 9.47. The van der Waals surface area contributed by atoms with Gasteiger partial charge in [0, 0.05) is 19.1 Å². The fourth-order valence-electron chi connectivity index (χ4n) is 2.61. The van der Waals surface area contributed by atoms with Gasteiger partial charge < -0.3 is 15.3 Å². The highest BCUT2D eigenvalue weighted by Crippen LogP contribution is 2.24. The second-order valence-electron chi connectivity index (χ2n) is 5.89. The van der Waals surface area contributed by atoms with Gasteiger partial charge in [0.15, 0.2) is 0 Å². The van der Waals surface area contributed by atoms with Crippen LogP contribution < -0.4 is 5.32 Å². The fraction of sp³-hybridized carbons (Fsp3) is 0.867. The Morgan fingerprint density at radius 1 is 1.25 bits per heavy atom. The maximum absolute atomic E-state index is 12.2. The summed E-state index contributed by atoms with van der Waals surface area (Å²) in [5.74, 6) is -0.435. The van der Waals surface area contributed by atoms with Crippen molar-refractivity contribution >= 4 is 12.0 Å². The molecular weight excluding hydrogens is 256 g/mol. The SMILES string of the molecule is CCC(C)CN(CC)C(=O)NC1CCC(C(=O)O)CC1. The van der Waals surface area contributed by atoms with E-state index in [9.17, 15) is 9.59 Å². The highest BCUT2D eigenvalue weighted by molar-refractivity contribution is 5.74. The van der Waals surface area contributed by atoms with Crippen LogP contribution in [0, 0.1) is 11.8 Å². The van der Waals surface area contributed by atoms with Gasteiger partial charge in [-0.25, -0.2) is 4.79 Å². The molecule has 0 radical (unpaired) electrons. The summed E-state index contributed by atoms with van der Waals surface area (Å²) in [5, 5.41) is 12.0. The Bertz CT molecular complexity index is 325. The molecule has 20 heavy (non-hydrogen) atoms. The largest absolute Gasteiger partial charge is 0.481 e. The van der Waals surface area contributed by atoms with E-state index < -0.39 is 5.97 Å². The lowest BCUT2D eigenvalue weighted by Crippen LogP contribution is -2.47.